The Morgan fingerprint density at radius 3 is 2.39 bits per heavy atom. The van der Waals surface area contributed by atoms with Crippen molar-refractivity contribution >= 4 is 21.6 Å². The second kappa shape index (κ2) is 6.59. The predicted molar refractivity (Wildman–Crippen MR) is 90.9 cm³/mol. The molecule has 1 amide bonds. The molecular weight excluding hydrogens is 314 g/mol. The van der Waals surface area contributed by atoms with E-state index in [2.05, 4.69) is 10.6 Å². The summed E-state index contributed by atoms with van der Waals surface area (Å²) in [6.45, 7) is 7.33. The van der Waals surface area contributed by atoms with E-state index in [4.69, 9.17) is 0 Å². The SMILES string of the molecule is Cc1cc(S(=O)(=O)N(C)C)cc(NC(=O)C(C)C2CNC2)c1C. The third-order valence-corrected chi connectivity index (χ3v) is 6.40. The van der Waals surface area contributed by atoms with Crippen molar-refractivity contribution in [3.05, 3.63) is 23.3 Å². The van der Waals surface area contributed by atoms with Crippen molar-refractivity contribution in [2.75, 3.05) is 32.5 Å². The molecule has 1 atom stereocenters. The molecule has 0 spiro atoms. The Kier molecular flexibility index (Phi) is 5.13. The van der Waals surface area contributed by atoms with Crippen LogP contribution in [0.4, 0.5) is 5.69 Å². The highest BCUT2D eigenvalue weighted by atomic mass is 32.2. The molecule has 1 aromatic carbocycles. The predicted octanol–water partition coefficient (Wildman–Crippen LogP) is 1.35. The third kappa shape index (κ3) is 3.57. The van der Waals surface area contributed by atoms with Gasteiger partial charge in [-0.1, -0.05) is 6.92 Å². The monoisotopic (exact) mass is 339 g/mol. The maximum atomic E-state index is 12.4. The van der Waals surface area contributed by atoms with Crippen molar-refractivity contribution in [3.8, 4) is 0 Å². The summed E-state index contributed by atoms with van der Waals surface area (Å²) in [5.74, 6) is 0.161. The van der Waals surface area contributed by atoms with E-state index in [-0.39, 0.29) is 16.7 Å². The lowest BCUT2D eigenvalue weighted by Crippen LogP contribution is -2.48. The van der Waals surface area contributed by atoms with Gasteiger partial charge in [0.15, 0.2) is 0 Å². The standard InChI is InChI=1S/C16H25N3O3S/c1-10-6-14(23(21,22)19(4)5)7-15(11(10)2)18-16(20)12(3)13-8-17-9-13/h6-7,12-13,17H,8-9H2,1-5H3,(H,18,20). The minimum Gasteiger partial charge on any atom is -0.326 e. The van der Waals surface area contributed by atoms with Gasteiger partial charge in [0, 0.05) is 25.7 Å². The highest BCUT2D eigenvalue weighted by molar-refractivity contribution is 7.89. The van der Waals surface area contributed by atoms with Gasteiger partial charge in [0.2, 0.25) is 15.9 Å². The molecule has 1 aliphatic heterocycles. The number of sulfonamides is 1. The number of nitrogens with zero attached hydrogens (tertiary/aromatic N) is 1. The Hall–Kier alpha value is -1.44. The molecule has 0 saturated carbocycles. The lowest BCUT2D eigenvalue weighted by atomic mass is 9.88. The molecule has 0 aliphatic carbocycles. The molecule has 1 fully saturated rings. The molecule has 2 N–H and O–H groups in total. The topological polar surface area (TPSA) is 78.5 Å². The highest BCUT2D eigenvalue weighted by Crippen LogP contribution is 2.27. The first-order chi connectivity index (χ1) is 10.6. The highest BCUT2D eigenvalue weighted by Gasteiger charge is 2.29. The summed E-state index contributed by atoms with van der Waals surface area (Å²) in [7, 11) is -0.544. The lowest BCUT2D eigenvalue weighted by Gasteiger charge is -2.32. The number of amides is 1. The Morgan fingerprint density at radius 1 is 1.30 bits per heavy atom. The average molecular weight is 339 g/mol. The molecule has 0 bridgehead atoms. The molecule has 128 valence electrons. The average Bonchev–Trinajstić information content (AvgIpc) is 2.41. The van der Waals surface area contributed by atoms with E-state index >= 15 is 0 Å². The zero-order valence-electron chi connectivity index (χ0n) is 14.3. The van der Waals surface area contributed by atoms with E-state index in [0.717, 1.165) is 24.2 Å². The number of rotatable bonds is 5. The van der Waals surface area contributed by atoms with E-state index in [1.54, 1.807) is 12.1 Å². The Bertz CT molecular complexity index is 710. The summed E-state index contributed by atoms with van der Waals surface area (Å²) >= 11 is 0. The summed E-state index contributed by atoms with van der Waals surface area (Å²) in [5, 5.41) is 6.06. The van der Waals surface area contributed by atoms with Crippen LogP contribution >= 0.6 is 0 Å². The second-order valence-corrected chi connectivity index (χ2v) is 8.55. The van der Waals surface area contributed by atoms with Gasteiger partial charge in [0.25, 0.3) is 0 Å². The molecule has 1 heterocycles. The van der Waals surface area contributed by atoms with Crippen LogP contribution in [0.1, 0.15) is 18.1 Å². The fourth-order valence-electron chi connectivity index (χ4n) is 2.44. The molecule has 2 rings (SSSR count). The lowest BCUT2D eigenvalue weighted by molar-refractivity contribution is -0.121. The van der Waals surface area contributed by atoms with Crippen LogP contribution in [0, 0.1) is 25.7 Å². The molecule has 1 aliphatic rings. The molecule has 23 heavy (non-hydrogen) atoms. The van der Waals surface area contributed by atoms with Crippen LogP contribution in [-0.2, 0) is 14.8 Å². The zero-order chi connectivity index (χ0) is 17.4. The van der Waals surface area contributed by atoms with Crippen LogP contribution in [0.15, 0.2) is 17.0 Å². The molecule has 1 aromatic rings. The maximum Gasteiger partial charge on any atom is 0.242 e. The molecular formula is C16H25N3O3S. The fourth-order valence-corrected chi connectivity index (χ4v) is 3.46. The van der Waals surface area contributed by atoms with Gasteiger partial charge in [-0.05, 0) is 56.1 Å². The van der Waals surface area contributed by atoms with Crippen LogP contribution in [-0.4, -0.2) is 45.8 Å². The number of anilines is 1. The number of nitrogens with one attached hydrogen (secondary N) is 2. The van der Waals surface area contributed by atoms with Crippen molar-refractivity contribution in [2.24, 2.45) is 11.8 Å². The van der Waals surface area contributed by atoms with Crippen LogP contribution in [0.5, 0.6) is 0 Å². The van der Waals surface area contributed by atoms with Gasteiger partial charge in [0.05, 0.1) is 4.90 Å². The van der Waals surface area contributed by atoms with Crippen molar-refractivity contribution in [3.63, 3.8) is 0 Å². The van der Waals surface area contributed by atoms with Crippen LogP contribution in [0.2, 0.25) is 0 Å². The Morgan fingerprint density at radius 2 is 1.91 bits per heavy atom. The first-order valence-corrected chi connectivity index (χ1v) is 9.14. The van der Waals surface area contributed by atoms with E-state index in [0.29, 0.717) is 11.6 Å². The third-order valence-electron chi connectivity index (χ3n) is 4.61. The van der Waals surface area contributed by atoms with Gasteiger partial charge in [-0.3, -0.25) is 4.79 Å². The van der Waals surface area contributed by atoms with Gasteiger partial charge in [0.1, 0.15) is 0 Å². The minimum absolute atomic E-state index is 0.0709. The molecule has 1 unspecified atom stereocenters. The second-order valence-electron chi connectivity index (χ2n) is 6.40. The first-order valence-electron chi connectivity index (χ1n) is 7.70. The summed E-state index contributed by atoms with van der Waals surface area (Å²) in [6.07, 6.45) is 0. The zero-order valence-corrected chi connectivity index (χ0v) is 15.1. The van der Waals surface area contributed by atoms with Crippen molar-refractivity contribution in [1.29, 1.82) is 0 Å². The number of hydrogen-bond donors (Lipinski definition) is 2. The molecule has 6 nitrogen and oxygen atoms in total. The Balaban J connectivity index is 2.31. The first kappa shape index (κ1) is 17.9. The fraction of sp³-hybridized carbons (Fsp3) is 0.562. The molecule has 0 aromatic heterocycles. The number of aryl methyl sites for hydroxylation is 1. The summed E-state index contributed by atoms with van der Waals surface area (Å²) in [5.41, 5.74) is 2.28. The van der Waals surface area contributed by atoms with E-state index < -0.39 is 10.0 Å². The van der Waals surface area contributed by atoms with Gasteiger partial charge in [-0.25, -0.2) is 12.7 Å². The van der Waals surface area contributed by atoms with Gasteiger partial charge in [-0.2, -0.15) is 0 Å². The van der Waals surface area contributed by atoms with E-state index in [1.165, 1.54) is 18.4 Å². The van der Waals surface area contributed by atoms with Crippen molar-refractivity contribution in [2.45, 2.75) is 25.7 Å². The van der Waals surface area contributed by atoms with Crippen LogP contribution in [0.25, 0.3) is 0 Å². The maximum absolute atomic E-state index is 12.4. The smallest absolute Gasteiger partial charge is 0.242 e. The molecule has 0 radical (unpaired) electrons. The Labute approximate surface area is 138 Å². The number of carbonyl (C=O) groups is 1. The van der Waals surface area contributed by atoms with Gasteiger partial charge in [-0.15, -0.1) is 0 Å². The summed E-state index contributed by atoms with van der Waals surface area (Å²) in [4.78, 5) is 12.6. The normalized spacial score (nSPS) is 17.0. The quantitative estimate of drug-likeness (QED) is 0.849. The minimum atomic E-state index is -3.53. The molecule has 7 heteroatoms. The number of carbonyl (C=O) groups excluding carboxylic acids is 1. The van der Waals surface area contributed by atoms with E-state index in [1.807, 2.05) is 20.8 Å². The summed E-state index contributed by atoms with van der Waals surface area (Å²) < 4.78 is 25.8. The number of hydrogen-bond acceptors (Lipinski definition) is 4. The largest absolute Gasteiger partial charge is 0.326 e. The van der Waals surface area contributed by atoms with E-state index in [9.17, 15) is 13.2 Å². The van der Waals surface area contributed by atoms with Gasteiger partial charge >= 0.3 is 0 Å². The number of benzene rings is 1. The van der Waals surface area contributed by atoms with Crippen molar-refractivity contribution in [1.82, 2.24) is 9.62 Å². The molecule has 1 saturated heterocycles. The van der Waals surface area contributed by atoms with Crippen LogP contribution in [0.3, 0.4) is 0 Å². The van der Waals surface area contributed by atoms with Crippen molar-refractivity contribution < 1.29 is 13.2 Å². The van der Waals surface area contributed by atoms with Gasteiger partial charge < -0.3 is 10.6 Å². The summed E-state index contributed by atoms with van der Waals surface area (Å²) in [6, 6.07) is 3.18. The van der Waals surface area contributed by atoms with Crippen LogP contribution < -0.4 is 10.6 Å².